The minimum atomic E-state index is 0. The molecule has 0 aliphatic carbocycles. The molecular weight excluding hydrogens is 992 g/mol. The van der Waals surface area contributed by atoms with Gasteiger partial charge in [0.25, 0.3) is 0 Å². The number of hydrogen-bond donors (Lipinski definition) is 0. The number of halogens is 4. The van der Waals surface area contributed by atoms with Crippen molar-refractivity contribution in [3.63, 3.8) is 0 Å². The van der Waals surface area contributed by atoms with E-state index in [1.807, 2.05) is 0 Å². The highest BCUT2D eigenvalue weighted by molar-refractivity contribution is 6.04. The maximum absolute atomic E-state index is 6.18. The van der Waals surface area contributed by atoms with Gasteiger partial charge in [-0.15, -0.1) is 0 Å². The number of ether oxygens (including phenoxy) is 4. The summed E-state index contributed by atoms with van der Waals surface area (Å²) in [5.74, 6) is 3.44. The van der Waals surface area contributed by atoms with Crippen LogP contribution in [0.3, 0.4) is 0 Å². The maximum Gasteiger partial charge on any atom is 0.137 e. The predicted octanol–water partition coefficient (Wildman–Crippen LogP) is -4.95. The second-order valence-corrected chi connectivity index (χ2v) is 18.3. The number of quaternary nitrogens is 4. The molecule has 4 rings (SSSR count). The van der Waals surface area contributed by atoms with Crippen LogP contribution in [0.5, 0.6) is 23.0 Å². The third kappa shape index (κ3) is 20.2. The molecule has 0 N–H and O–H groups in total. The van der Waals surface area contributed by atoms with Crippen molar-refractivity contribution in [2.75, 3.05) is 137 Å². The first-order valence-corrected chi connectivity index (χ1v) is 19.1. The summed E-state index contributed by atoms with van der Waals surface area (Å²) in [6.45, 7) is 6.29. The first kappa shape index (κ1) is 55.6. The number of rotatable bonds is 20. The Labute approximate surface area is 392 Å². The van der Waals surface area contributed by atoms with Crippen molar-refractivity contribution < 1.29 is 105 Å². The minimum Gasteiger partial charge on any atom is -1.00 e. The fourth-order valence-corrected chi connectivity index (χ4v) is 5.53. The van der Waals surface area contributed by atoms with Gasteiger partial charge in [0.1, 0.15) is 75.6 Å². The van der Waals surface area contributed by atoms with Gasteiger partial charge >= 0.3 is 0 Å². The number of likely N-dealkylation sites (N-methyl/N-ethyl adjacent to an activating group) is 4. The van der Waals surface area contributed by atoms with Crippen molar-refractivity contribution >= 4 is 11.1 Å². The highest BCUT2D eigenvalue weighted by atomic mass is 79.9. The third-order valence-electron chi connectivity index (χ3n) is 8.95. The quantitative estimate of drug-likeness (QED) is 0.0659. The fraction of sp³-hybridized carbons (Fsp3) is 0.435. The SMILES string of the molecule is C[N+](C)(C)CCOc1ccc(C(=C(c2ccc(OCC[N+](C)(C)C)cc2)c2ccc(OCC[N+](C)(C)C)cc2)c2ccc(OCC[N+](C)(C)C)cc2)cc1.[Br-].[Br-].[Br-].[Br-]. The van der Waals surface area contributed by atoms with Gasteiger partial charge in [0.2, 0.25) is 0 Å². The molecule has 0 saturated heterocycles. The maximum atomic E-state index is 6.18. The zero-order valence-electron chi connectivity index (χ0n) is 36.8. The standard InChI is InChI=1S/C46H68N4O4.4BrH/c1-47(2,3)29-33-51-41-21-13-37(14-22-41)45(38-15-23-42(24-16-38)52-34-30-48(4,5)6)46(39-17-25-43(26-18-39)53-35-31-49(7,8)9)40-19-27-44(28-20-40)54-36-32-50(10,11)12;;;;/h13-28H,29-36H2,1-12H3;4*1H/q+4;;;;/p-4. The molecule has 58 heavy (non-hydrogen) atoms. The average Bonchev–Trinajstić information content (AvgIpc) is 3.07. The first-order chi connectivity index (χ1) is 25.2. The summed E-state index contributed by atoms with van der Waals surface area (Å²) in [7, 11) is 26.2. The third-order valence-corrected chi connectivity index (χ3v) is 8.95. The topological polar surface area (TPSA) is 36.9 Å². The van der Waals surface area contributed by atoms with E-state index in [4.69, 9.17) is 18.9 Å². The smallest absolute Gasteiger partial charge is 0.137 e. The molecule has 8 nitrogen and oxygen atoms in total. The summed E-state index contributed by atoms with van der Waals surface area (Å²) in [6, 6.07) is 34.1. The van der Waals surface area contributed by atoms with Crippen LogP contribution in [0.25, 0.3) is 11.1 Å². The first-order valence-electron chi connectivity index (χ1n) is 19.1. The Morgan fingerprint density at radius 3 is 0.586 bits per heavy atom. The molecule has 0 radical (unpaired) electrons. The van der Waals surface area contributed by atoms with E-state index < -0.39 is 0 Å². The van der Waals surface area contributed by atoms with Crippen molar-refractivity contribution in [2.24, 2.45) is 0 Å². The molecule has 4 aromatic rings. The van der Waals surface area contributed by atoms with Crippen LogP contribution < -0.4 is 86.9 Å². The van der Waals surface area contributed by atoms with Gasteiger partial charge < -0.3 is 105 Å². The van der Waals surface area contributed by atoms with Gasteiger partial charge in [-0.3, -0.25) is 0 Å². The molecule has 0 amide bonds. The Hall–Kier alpha value is -2.42. The van der Waals surface area contributed by atoms with E-state index in [1.54, 1.807) is 0 Å². The molecule has 0 aliphatic rings. The number of nitrogens with zero attached hydrogens (tertiary/aromatic N) is 4. The zero-order chi connectivity index (χ0) is 39.6. The summed E-state index contributed by atoms with van der Waals surface area (Å²) >= 11 is 0. The molecule has 0 fully saturated rings. The van der Waals surface area contributed by atoms with Gasteiger partial charge in [-0.05, 0) is 81.9 Å². The minimum absolute atomic E-state index is 0. The molecule has 324 valence electrons. The second-order valence-electron chi connectivity index (χ2n) is 18.3. The van der Waals surface area contributed by atoms with Crippen LogP contribution in [-0.2, 0) is 0 Å². The molecule has 0 bridgehead atoms. The summed E-state index contributed by atoms with van der Waals surface area (Å²) < 4.78 is 28.1. The summed E-state index contributed by atoms with van der Waals surface area (Å²) in [4.78, 5) is 0. The van der Waals surface area contributed by atoms with Crippen molar-refractivity contribution in [1.82, 2.24) is 0 Å². The molecule has 4 aromatic carbocycles. The van der Waals surface area contributed by atoms with Crippen molar-refractivity contribution in [1.29, 1.82) is 0 Å². The van der Waals surface area contributed by atoms with Crippen LogP contribution in [0.1, 0.15) is 22.3 Å². The van der Waals surface area contributed by atoms with Gasteiger partial charge in [0.15, 0.2) is 0 Å². The Morgan fingerprint density at radius 1 is 0.293 bits per heavy atom. The molecule has 0 saturated carbocycles. The van der Waals surface area contributed by atoms with Gasteiger partial charge in [-0.25, -0.2) is 0 Å². The fourth-order valence-electron chi connectivity index (χ4n) is 5.53. The van der Waals surface area contributed by atoms with E-state index in [2.05, 4.69) is 182 Å². The molecule has 0 spiro atoms. The second kappa shape index (κ2) is 24.7. The molecule has 0 aromatic heterocycles. The Balaban J connectivity index is 0.00000812. The van der Waals surface area contributed by atoms with Crippen LogP contribution >= 0.6 is 0 Å². The lowest BCUT2D eigenvalue weighted by molar-refractivity contribution is -0.870. The van der Waals surface area contributed by atoms with Gasteiger partial charge in [-0.2, -0.15) is 0 Å². The van der Waals surface area contributed by atoms with E-state index in [9.17, 15) is 0 Å². The van der Waals surface area contributed by atoms with Crippen LogP contribution in [0, 0.1) is 0 Å². The van der Waals surface area contributed by atoms with Gasteiger partial charge in [0.05, 0.1) is 84.6 Å². The normalized spacial score (nSPS) is 11.4. The van der Waals surface area contributed by atoms with E-state index >= 15 is 0 Å². The van der Waals surface area contributed by atoms with Crippen molar-refractivity contribution in [3.05, 3.63) is 119 Å². The van der Waals surface area contributed by atoms with Crippen LogP contribution in [-0.4, -0.2) is 155 Å². The van der Waals surface area contributed by atoms with Crippen LogP contribution in [0.4, 0.5) is 0 Å². The Morgan fingerprint density at radius 2 is 0.448 bits per heavy atom. The van der Waals surface area contributed by atoms with E-state index in [0.29, 0.717) is 26.4 Å². The van der Waals surface area contributed by atoms with Crippen molar-refractivity contribution in [2.45, 2.75) is 0 Å². The highest BCUT2D eigenvalue weighted by Crippen LogP contribution is 2.39. The summed E-state index contributed by atoms with van der Waals surface area (Å²) in [6.07, 6.45) is 0. The lowest BCUT2D eigenvalue weighted by atomic mass is 9.85. The van der Waals surface area contributed by atoms with Gasteiger partial charge in [0, 0.05) is 0 Å². The van der Waals surface area contributed by atoms with Crippen LogP contribution in [0.15, 0.2) is 97.1 Å². The predicted molar refractivity (Wildman–Crippen MR) is 224 cm³/mol. The molecule has 0 aliphatic heterocycles. The summed E-state index contributed by atoms with van der Waals surface area (Å²) in [5.41, 5.74) is 6.60. The Kier molecular flexibility index (Phi) is 23.7. The zero-order valence-corrected chi connectivity index (χ0v) is 43.2. The Bertz CT molecular complexity index is 1510. The van der Waals surface area contributed by atoms with E-state index in [1.165, 1.54) is 0 Å². The molecule has 0 unspecified atom stereocenters. The average molecular weight is 1060 g/mol. The molecule has 0 atom stereocenters. The number of benzene rings is 4. The van der Waals surface area contributed by atoms with E-state index in [0.717, 1.165) is 101 Å². The lowest BCUT2D eigenvalue weighted by Crippen LogP contribution is -3.00. The highest BCUT2D eigenvalue weighted by Gasteiger charge is 2.19. The lowest BCUT2D eigenvalue weighted by Gasteiger charge is -2.24. The molecular formula is C46H68Br4N4O4. The van der Waals surface area contributed by atoms with Crippen LogP contribution in [0.2, 0.25) is 0 Å². The molecule has 12 heteroatoms. The number of hydrogen-bond acceptors (Lipinski definition) is 4. The van der Waals surface area contributed by atoms with E-state index in [-0.39, 0.29) is 67.9 Å². The molecule has 0 heterocycles. The van der Waals surface area contributed by atoms with Crippen molar-refractivity contribution in [3.8, 4) is 23.0 Å². The monoisotopic (exact) mass is 1060 g/mol. The summed E-state index contributed by atoms with van der Waals surface area (Å²) in [5, 5.41) is 0. The largest absolute Gasteiger partial charge is 1.00 e. The van der Waals surface area contributed by atoms with Gasteiger partial charge in [-0.1, -0.05) is 48.5 Å².